The van der Waals surface area contributed by atoms with Crippen LogP contribution in [0.2, 0.25) is 0 Å². The highest BCUT2D eigenvalue weighted by atomic mass is 16.8. The average Bonchev–Trinajstić information content (AvgIpc) is 3.09. The summed E-state index contributed by atoms with van der Waals surface area (Å²) in [7, 11) is 0. The molecule has 4 rings (SSSR count). The Kier molecular flexibility index (Phi) is 2.86. The van der Waals surface area contributed by atoms with Crippen LogP contribution in [0.4, 0.5) is 5.82 Å². The summed E-state index contributed by atoms with van der Waals surface area (Å²) < 4.78 is 18.6. The van der Waals surface area contributed by atoms with Gasteiger partial charge in [-0.25, -0.2) is 15.0 Å². The maximum absolute atomic E-state index is 11.3. The summed E-state index contributed by atoms with van der Waals surface area (Å²) in [4.78, 5) is 23.5. The number of carboxylic acids is 1. The van der Waals surface area contributed by atoms with Crippen LogP contribution in [0.15, 0.2) is 12.7 Å². The number of imidazole rings is 1. The van der Waals surface area contributed by atoms with Crippen LogP contribution in [0.3, 0.4) is 0 Å². The number of anilines is 1. The molecule has 10 heteroatoms. The molecule has 0 aliphatic carbocycles. The van der Waals surface area contributed by atoms with Crippen LogP contribution in [0.1, 0.15) is 20.1 Å². The number of hydrogen-bond donors (Lipinski definition) is 1. The average molecular weight is 320 g/mol. The molecule has 4 atom stereocenters. The first-order chi connectivity index (χ1) is 10.9. The Bertz CT molecular complexity index is 790. The number of aliphatic carboxylic acids is 1. The molecule has 0 aromatic carbocycles. The minimum Gasteiger partial charge on any atom is -0.547 e. The second-order valence-electron chi connectivity index (χ2n) is 5.91. The highest BCUT2D eigenvalue weighted by Crippen LogP contribution is 2.43. The smallest absolute Gasteiger partial charge is 0.167 e. The fourth-order valence-electron chi connectivity index (χ4n) is 3.05. The molecule has 2 aliphatic heterocycles. The van der Waals surface area contributed by atoms with Crippen molar-refractivity contribution < 1.29 is 24.1 Å². The molecule has 23 heavy (non-hydrogen) atoms. The number of carboxylic acid groups (broad SMARTS) is 1. The van der Waals surface area contributed by atoms with Gasteiger partial charge in [0.2, 0.25) is 0 Å². The molecule has 2 fully saturated rings. The van der Waals surface area contributed by atoms with Gasteiger partial charge in [0.1, 0.15) is 30.2 Å². The number of carbonyl (C=O) groups is 1. The summed E-state index contributed by atoms with van der Waals surface area (Å²) >= 11 is 0. The molecule has 0 spiro atoms. The van der Waals surface area contributed by atoms with Gasteiger partial charge in [0, 0.05) is 0 Å². The number of aromatic nitrogens is 4. The number of nitrogens with two attached hydrogens (primary N) is 1. The molecule has 0 radical (unpaired) electrons. The lowest BCUT2D eigenvalue weighted by Crippen LogP contribution is -2.43. The first-order valence-corrected chi connectivity index (χ1v) is 7.02. The SMILES string of the molecule is CC1(C)O[C@@H]2[C@H](O1)[C@@H](C(=O)[O-])O[C@H]2n1cnc2c(N)ncnc21. The number of nitrogens with zero attached hydrogens (tertiary/aromatic N) is 4. The summed E-state index contributed by atoms with van der Waals surface area (Å²) in [6, 6.07) is 0. The Morgan fingerprint density at radius 2 is 2.04 bits per heavy atom. The van der Waals surface area contributed by atoms with E-state index in [1.165, 1.54) is 12.7 Å². The van der Waals surface area contributed by atoms with E-state index < -0.39 is 36.3 Å². The zero-order valence-corrected chi connectivity index (χ0v) is 12.4. The topological polar surface area (TPSA) is 137 Å². The summed E-state index contributed by atoms with van der Waals surface area (Å²) in [6.45, 7) is 3.42. The number of hydrogen-bond acceptors (Lipinski definition) is 9. The number of rotatable bonds is 2. The highest BCUT2D eigenvalue weighted by Gasteiger charge is 2.56. The molecule has 0 saturated carbocycles. The van der Waals surface area contributed by atoms with E-state index in [1.807, 2.05) is 0 Å². The van der Waals surface area contributed by atoms with Crippen LogP contribution in [0, 0.1) is 0 Å². The third-order valence-electron chi connectivity index (χ3n) is 3.92. The van der Waals surface area contributed by atoms with Gasteiger partial charge in [-0.1, -0.05) is 0 Å². The van der Waals surface area contributed by atoms with E-state index in [2.05, 4.69) is 15.0 Å². The zero-order valence-electron chi connectivity index (χ0n) is 12.4. The van der Waals surface area contributed by atoms with Crippen LogP contribution in [-0.2, 0) is 19.0 Å². The van der Waals surface area contributed by atoms with E-state index in [1.54, 1.807) is 18.4 Å². The van der Waals surface area contributed by atoms with Crippen LogP contribution in [0.25, 0.3) is 11.2 Å². The van der Waals surface area contributed by atoms with Crippen molar-refractivity contribution in [3.8, 4) is 0 Å². The number of fused-ring (bicyclic) bond motifs is 2. The standard InChI is InChI=1S/C13H15N5O5/c1-13(2)22-6-7(23-13)11(21-8(6)12(19)20)18-4-17-5-9(14)15-3-16-10(5)18/h3-4,6-8,11H,1-2H3,(H,19,20)(H2,14,15,16)/p-1/t6-,7+,8-,11+/m0/s1. The van der Waals surface area contributed by atoms with Gasteiger partial charge >= 0.3 is 0 Å². The molecule has 2 N–H and O–H groups in total. The Morgan fingerprint density at radius 3 is 2.78 bits per heavy atom. The van der Waals surface area contributed by atoms with E-state index in [-0.39, 0.29) is 5.82 Å². The molecule has 2 aromatic heterocycles. The summed E-state index contributed by atoms with van der Waals surface area (Å²) in [6.07, 6.45) is -0.677. The van der Waals surface area contributed by atoms with E-state index in [9.17, 15) is 9.90 Å². The molecular formula is C13H14N5O5-. The molecule has 10 nitrogen and oxygen atoms in total. The lowest BCUT2D eigenvalue weighted by atomic mass is 10.1. The minimum absolute atomic E-state index is 0.226. The van der Waals surface area contributed by atoms with Crippen LogP contribution < -0.4 is 10.8 Å². The Balaban J connectivity index is 1.78. The first kappa shape index (κ1) is 14.3. The largest absolute Gasteiger partial charge is 0.547 e. The first-order valence-electron chi connectivity index (χ1n) is 7.02. The van der Waals surface area contributed by atoms with Crippen molar-refractivity contribution in [1.82, 2.24) is 19.5 Å². The molecular weight excluding hydrogens is 306 g/mol. The van der Waals surface area contributed by atoms with Gasteiger partial charge < -0.3 is 29.8 Å². The quantitative estimate of drug-likeness (QED) is 0.706. The molecule has 2 aromatic rings. The van der Waals surface area contributed by atoms with Crippen molar-refractivity contribution in [2.75, 3.05) is 5.73 Å². The van der Waals surface area contributed by atoms with E-state index >= 15 is 0 Å². The van der Waals surface area contributed by atoms with E-state index in [0.717, 1.165) is 0 Å². The lowest BCUT2D eigenvalue weighted by molar-refractivity contribution is -0.321. The fourth-order valence-corrected chi connectivity index (χ4v) is 3.05. The van der Waals surface area contributed by atoms with Crippen LogP contribution >= 0.6 is 0 Å². The highest BCUT2D eigenvalue weighted by molar-refractivity contribution is 5.81. The van der Waals surface area contributed by atoms with Crippen molar-refractivity contribution in [1.29, 1.82) is 0 Å². The van der Waals surface area contributed by atoms with Crippen molar-refractivity contribution >= 4 is 23.0 Å². The number of carbonyl (C=O) groups excluding carboxylic acids is 1. The summed E-state index contributed by atoms with van der Waals surface area (Å²) in [5.74, 6) is -2.05. The van der Waals surface area contributed by atoms with Gasteiger partial charge in [-0.05, 0) is 13.8 Å². The number of nitrogen functional groups attached to an aromatic ring is 1. The monoisotopic (exact) mass is 320 g/mol. The lowest BCUT2D eigenvalue weighted by Gasteiger charge is -2.25. The Labute approximate surface area is 130 Å². The summed E-state index contributed by atoms with van der Waals surface area (Å²) in [5.41, 5.74) is 6.60. The Hall–Kier alpha value is -2.30. The Morgan fingerprint density at radius 1 is 1.30 bits per heavy atom. The predicted octanol–water partition coefficient (Wildman–Crippen LogP) is -1.42. The predicted molar refractivity (Wildman–Crippen MR) is 72.5 cm³/mol. The van der Waals surface area contributed by atoms with Gasteiger partial charge in [-0.2, -0.15) is 0 Å². The van der Waals surface area contributed by atoms with Crippen molar-refractivity contribution in [2.24, 2.45) is 0 Å². The van der Waals surface area contributed by atoms with Crippen molar-refractivity contribution in [3.63, 3.8) is 0 Å². The van der Waals surface area contributed by atoms with Crippen LogP contribution in [-0.4, -0.2) is 49.6 Å². The molecule has 2 aliphatic rings. The normalized spacial score (nSPS) is 32.3. The van der Waals surface area contributed by atoms with Gasteiger partial charge in [0.25, 0.3) is 0 Å². The number of ether oxygens (including phenoxy) is 3. The van der Waals surface area contributed by atoms with Gasteiger partial charge in [-0.15, -0.1) is 0 Å². The van der Waals surface area contributed by atoms with Crippen molar-refractivity contribution in [2.45, 2.75) is 44.2 Å². The van der Waals surface area contributed by atoms with Crippen molar-refractivity contribution in [3.05, 3.63) is 12.7 Å². The second kappa shape index (κ2) is 4.60. The zero-order chi connectivity index (χ0) is 16.4. The van der Waals surface area contributed by atoms with Gasteiger partial charge in [-0.3, -0.25) is 4.57 Å². The molecule has 0 bridgehead atoms. The fraction of sp³-hybridized carbons (Fsp3) is 0.538. The summed E-state index contributed by atoms with van der Waals surface area (Å²) in [5, 5.41) is 11.3. The maximum atomic E-state index is 11.3. The molecule has 2 saturated heterocycles. The van der Waals surface area contributed by atoms with E-state index in [0.29, 0.717) is 11.2 Å². The second-order valence-corrected chi connectivity index (χ2v) is 5.91. The van der Waals surface area contributed by atoms with Crippen LogP contribution in [0.5, 0.6) is 0 Å². The van der Waals surface area contributed by atoms with E-state index in [4.69, 9.17) is 19.9 Å². The molecule has 0 unspecified atom stereocenters. The van der Waals surface area contributed by atoms with Gasteiger partial charge in [0.15, 0.2) is 23.5 Å². The third-order valence-corrected chi connectivity index (χ3v) is 3.92. The minimum atomic E-state index is -1.36. The molecule has 0 amide bonds. The molecule has 4 heterocycles. The van der Waals surface area contributed by atoms with Gasteiger partial charge in [0.05, 0.1) is 12.3 Å². The maximum Gasteiger partial charge on any atom is 0.167 e. The molecule has 122 valence electrons. The third kappa shape index (κ3) is 2.06.